The Labute approximate surface area is 158 Å². The maximum atomic E-state index is 12.6. The summed E-state index contributed by atoms with van der Waals surface area (Å²) < 4.78 is 43.0. The van der Waals surface area contributed by atoms with Crippen molar-refractivity contribution in [3.63, 3.8) is 0 Å². The Morgan fingerprint density at radius 1 is 0.929 bits per heavy atom. The number of para-hydroxylation sites is 2. The van der Waals surface area contributed by atoms with E-state index < -0.39 is 17.6 Å². The number of carbonyl (C=O) groups is 1. The molecular formula is C19H15F3N4O2. The summed E-state index contributed by atoms with van der Waals surface area (Å²) in [7, 11) is 1.55. The summed E-state index contributed by atoms with van der Waals surface area (Å²) in [5.41, 5.74) is -0.0533. The lowest BCUT2D eigenvalue weighted by Crippen LogP contribution is -2.14. The van der Waals surface area contributed by atoms with Crippen LogP contribution in [0.1, 0.15) is 15.9 Å². The summed E-state index contributed by atoms with van der Waals surface area (Å²) in [6, 6.07) is 14.3. The minimum Gasteiger partial charge on any atom is -0.495 e. The predicted octanol–water partition coefficient (Wildman–Crippen LogP) is 4.50. The molecule has 1 amide bonds. The summed E-state index contributed by atoms with van der Waals surface area (Å²) in [5.74, 6) is 0.630. The minimum absolute atomic E-state index is 0.0750. The molecule has 0 bridgehead atoms. The van der Waals surface area contributed by atoms with Crippen molar-refractivity contribution >= 4 is 23.2 Å². The molecule has 3 rings (SSSR count). The maximum absolute atomic E-state index is 12.6. The van der Waals surface area contributed by atoms with Crippen molar-refractivity contribution in [3.05, 3.63) is 71.8 Å². The van der Waals surface area contributed by atoms with Crippen LogP contribution in [0.25, 0.3) is 0 Å². The van der Waals surface area contributed by atoms with E-state index in [1.807, 2.05) is 12.1 Å². The van der Waals surface area contributed by atoms with Crippen molar-refractivity contribution in [1.29, 1.82) is 0 Å². The first kappa shape index (κ1) is 19.2. The summed E-state index contributed by atoms with van der Waals surface area (Å²) in [5, 5.41) is 13.4. The van der Waals surface area contributed by atoms with E-state index in [0.717, 1.165) is 24.3 Å². The van der Waals surface area contributed by atoms with Crippen LogP contribution in [0, 0.1) is 0 Å². The molecule has 6 nitrogen and oxygen atoms in total. The van der Waals surface area contributed by atoms with E-state index >= 15 is 0 Å². The Hall–Kier alpha value is -3.62. The molecule has 2 N–H and O–H groups in total. The fourth-order valence-corrected chi connectivity index (χ4v) is 2.35. The molecule has 1 heterocycles. The molecule has 0 aliphatic heterocycles. The second-order valence-electron chi connectivity index (χ2n) is 5.66. The quantitative estimate of drug-likeness (QED) is 0.673. The van der Waals surface area contributed by atoms with Crippen LogP contribution < -0.4 is 15.4 Å². The van der Waals surface area contributed by atoms with Crippen LogP contribution in [0.2, 0.25) is 0 Å². The normalized spacial score (nSPS) is 11.0. The number of hydrogen-bond donors (Lipinski definition) is 2. The van der Waals surface area contributed by atoms with Gasteiger partial charge in [0.25, 0.3) is 5.91 Å². The molecule has 0 fully saturated rings. The third-order valence-electron chi connectivity index (χ3n) is 3.75. The summed E-state index contributed by atoms with van der Waals surface area (Å²) >= 11 is 0. The highest BCUT2D eigenvalue weighted by atomic mass is 19.4. The Balaban J connectivity index is 1.66. The summed E-state index contributed by atoms with van der Waals surface area (Å²) in [6.45, 7) is 0. The third kappa shape index (κ3) is 4.56. The van der Waals surface area contributed by atoms with Gasteiger partial charge < -0.3 is 15.4 Å². The van der Waals surface area contributed by atoms with Gasteiger partial charge in [0.1, 0.15) is 5.75 Å². The zero-order valence-electron chi connectivity index (χ0n) is 14.6. The predicted molar refractivity (Wildman–Crippen MR) is 97.7 cm³/mol. The zero-order chi connectivity index (χ0) is 20.1. The molecule has 28 heavy (non-hydrogen) atoms. The van der Waals surface area contributed by atoms with Crippen molar-refractivity contribution in [2.45, 2.75) is 6.18 Å². The molecule has 3 aromatic rings. The Morgan fingerprint density at radius 2 is 1.57 bits per heavy atom. The Morgan fingerprint density at radius 3 is 2.18 bits per heavy atom. The van der Waals surface area contributed by atoms with Crippen molar-refractivity contribution in [2.75, 3.05) is 17.7 Å². The lowest BCUT2D eigenvalue weighted by molar-refractivity contribution is -0.137. The van der Waals surface area contributed by atoms with E-state index in [1.54, 1.807) is 25.3 Å². The fraction of sp³-hybridized carbons (Fsp3) is 0.105. The molecule has 0 saturated carbocycles. The Kier molecular flexibility index (Phi) is 5.44. The highest BCUT2D eigenvalue weighted by Gasteiger charge is 2.30. The van der Waals surface area contributed by atoms with Gasteiger partial charge in [0.05, 0.1) is 18.4 Å². The number of hydrogen-bond acceptors (Lipinski definition) is 5. The first-order valence-corrected chi connectivity index (χ1v) is 8.09. The number of ether oxygens (including phenoxy) is 1. The summed E-state index contributed by atoms with van der Waals surface area (Å²) in [6.07, 6.45) is -4.45. The number of carbonyl (C=O) groups excluding carboxylic acids is 1. The van der Waals surface area contributed by atoms with Gasteiger partial charge in [-0.05, 0) is 48.5 Å². The molecular weight excluding hydrogens is 373 g/mol. The first-order valence-electron chi connectivity index (χ1n) is 8.09. The van der Waals surface area contributed by atoms with Crippen LogP contribution in [-0.4, -0.2) is 23.2 Å². The summed E-state index contributed by atoms with van der Waals surface area (Å²) in [4.78, 5) is 12.1. The standard InChI is InChI=1S/C19H15F3N4O2/c1-28-15-5-3-2-4-14(15)23-16-10-11-17(26-25-16)24-18(27)12-6-8-13(9-7-12)19(20,21)22/h2-11H,1H3,(H,23,25)(H,24,26,27). The van der Waals surface area contributed by atoms with Gasteiger partial charge in [-0.1, -0.05) is 12.1 Å². The molecule has 0 aliphatic rings. The molecule has 144 valence electrons. The molecule has 1 aromatic heterocycles. The van der Waals surface area contributed by atoms with Crippen molar-refractivity contribution < 1.29 is 22.7 Å². The largest absolute Gasteiger partial charge is 0.495 e. The first-order chi connectivity index (χ1) is 13.4. The average Bonchev–Trinajstić information content (AvgIpc) is 2.69. The minimum atomic E-state index is -4.45. The number of nitrogens with zero attached hydrogens (tertiary/aromatic N) is 2. The smallest absolute Gasteiger partial charge is 0.416 e. The molecule has 0 atom stereocenters. The molecule has 0 saturated heterocycles. The monoisotopic (exact) mass is 388 g/mol. The molecule has 0 radical (unpaired) electrons. The van der Waals surface area contributed by atoms with Gasteiger partial charge in [-0.3, -0.25) is 4.79 Å². The van der Waals surface area contributed by atoms with E-state index in [9.17, 15) is 18.0 Å². The van der Waals surface area contributed by atoms with Crippen LogP contribution in [0.4, 0.5) is 30.5 Å². The van der Waals surface area contributed by atoms with Gasteiger partial charge in [-0.25, -0.2) is 0 Å². The number of rotatable bonds is 5. The van der Waals surface area contributed by atoms with Gasteiger partial charge >= 0.3 is 6.18 Å². The van der Waals surface area contributed by atoms with Gasteiger partial charge in [0.2, 0.25) is 0 Å². The van der Waals surface area contributed by atoms with Gasteiger partial charge in [-0.2, -0.15) is 13.2 Å². The van der Waals surface area contributed by atoms with Crippen LogP contribution in [0.3, 0.4) is 0 Å². The van der Waals surface area contributed by atoms with Crippen LogP contribution in [-0.2, 0) is 6.18 Å². The number of nitrogens with one attached hydrogen (secondary N) is 2. The molecule has 9 heteroatoms. The van der Waals surface area contributed by atoms with E-state index in [2.05, 4.69) is 20.8 Å². The average molecular weight is 388 g/mol. The number of aromatic nitrogens is 2. The molecule has 0 aliphatic carbocycles. The number of anilines is 3. The molecule has 0 unspecified atom stereocenters. The van der Waals surface area contributed by atoms with Crippen LogP contribution in [0.15, 0.2) is 60.7 Å². The lowest BCUT2D eigenvalue weighted by atomic mass is 10.1. The van der Waals surface area contributed by atoms with Crippen molar-refractivity contribution in [2.24, 2.45) is 0 Å². The number of amides is 1. The number of halogens is 3. The number of benzene rings is 2. The van der Waals surface area contributed by atoms with Gasteiger partial charge in [0, 0.05) is 5.56 Å². The third-order valence-corrected chi connectivity index (χ3v) is 3.75. The SMILES string of the molecule is COc1ccccc1Nc1ccc(NC(=O)c2ccc(C(F)(F)F)cc2)nn1. The molecule has 2 aromatic carbocycles. The number of alkyl halides is 3. The fourth-order valence-electron chi connectivity index (χ4n) is 2.35. The van der Waals surface area contributed by atoms with Crippen molar-refractivity contribution in [1.82, 2.24) is 10.2 Å². The number of methoxy groups -OCH3 is 1. The van der Waals surface area contributed by atoms with Crippen molar-refractivity contribution in [3.8, 4) is 5.75 Å². The van der Waals surface area contributed by atoms with Crippen LogP contribution >= 0.6 is 0 Å². The van der Waals surface area contributed by atoms with Gasteiger partial charge in [0.15, 0.2) is 11.6 Å². The Bertz CT molecular complexity index is 958. The zero-order valence-corrected chi connectivity index (χ0v) is 14.6. The van der Waals surface area contributed by atoms with E-state index in [0.29, 0.717) is 17.3 Å². The maximum Gasteiger partial charge on any atom is 0.416 e. The highest BCUT2D eigenvalue weighted by molar-refractivity contribution is 6.03. The van der Waals surface area contributed by atoms with Gasteiger partial charge in [-0.15, -0.1) is 10.2 Å². The van der Waals surface area contributed by atoms with Crippen LogP contribution in [0.5, 0.6) is 5.75 Å². The second-order valence-corrected chi connectivity index (χ2v) is 5.66. The highest BCUT2D eigenvalue weighted by Crippen LogP contribution is 2.29. The molecule has 0 spiro atoms. The van der Waals surface area contributed by atoms with E-state index in [1.165, 1.54) is 6.07 Å². The second kappa shape index (κ2) is 7.95. The van der Waals surface area contributed by atoms with E-state index in [-0.39, 0.29) is 11.4 Å². The lowest BCUT2D eigenvalue weighted by Gasteiger charge is -2.10. The topological polar surface area (TPSA) is 76.1 Å². The van der Waals surface area contributed by atoms with E-state index in [4.69, 9.17) is 4.74 Å².